The molecule has 0 rings (SSSR count). The number of carboxylic acid groups (broad SMARTS) is 2. The van der Waals surface area contributed by atoms with Crippen LogP contribution in [0.3, 0.4) is 0 Å². The van der Waals surface area contributed by atoms with Gasteiger partial charge < -0.3 is 24.7 Å². The summed E-state index contributed by atoms with van der Waals surface area (Å²) in [5.74, 6) is -4.59. The van der Waals surface area contributed by atoms with Gasteiger partial charge >= 0.3 is 25.5 Å². The molecule has 0 saturated heterocycles. The standard InChI is InChI=1S/C10H15O9P/c1-2-5-19-8(13)3-4-10(9(14)15,6-7(11)12)20(16,17)18/h2H,1,3-6H2,(H,11,12)(H,14,15)(H2,16,17,18). The molecule has 1 unspecified atom stereocenters. The molecule has 0 amide bonds. The van der Waals surface area contributed by atoms with E-state index in [1.165, 1.54) is 6.08 Å². The third kappa shape index (κ3) is 4.76. The first-order valence-electron chi connectivity index (χ1n) is 5.34. The zero-order valence-electron chi connectivity index (χ0n) is 10.4. The van der Waals surface area contributed by atoms with Gasteiger partial charge in [0.2, 0.25) is 0 Å². The van der Waals surface area contributed by atoms with Crippen LogP contribution in [-0.4, -0.2) is 49.7 Å². The Morgan fingerprint density at radius 2 is 1.80 bits per heavy atom. The third-order valence-corrected chi connectivity index (χ3v) is 4.19. The topological polar surface area (TPSA) is 158 Å². The van der Waals surface area contributed by atoms with Crippen LogP contribution < -0.4 is 0 Å². The second-order valence-corrected chi connectivity index (χ2v) is 5.87. The van der Waals surface area contributed by atoms with E-state index in [1.54, 1.807) is 0 Å². The van der Waals surface area contributed by atoms with Crippen molar-refractivity contribution in [3.63, 3.8) is 0 Å². The summed E-state index contributed by atoms with van der Waals surface area (Å²) in [5, 5.41) is 14.8. The maximum Gasteiger partial charge on any atom is 0.343 e. The van der Waals surface area contributed by atoms with E-state index in [2.05, 4.69) is 11.3 Å². The van der Waals surface area contributed by atoms with Crippen LogP contribution >= 0.6 is 7.60 Å². The maximum absolute atomic E-state index is 11.3. The normalized spacial score (nSPS) is 14.1. The van der Waals surface area contributed by atoms with Crippen LogP contribution in [0.1, 0.15) is 19.3 Å². The summed E-state index contributed by atoms with van der Waals surface area (Å²) in [6.45, 7) is 3.13. The van der Waals surface area contributed by atoms with Crippen LogP contribution in [0.4, 0.5) is 0 Å². The first-order valence-corrected chi connectivity index (χ1v) is 6.95. The van der Waals surface area contributed by atoms with Gasteiger partial charge in [-0.3, -0.25) is 18.9 Å². The Labute approximate surface area is 114 Å². The Morgan fingerprint density at radius 3 is 2.15 bits per heavy atom. The Hall–Kier alpha value is -1.70. The van der Waals surface area contributed by atoms with Crippen LogP contribution in [0.15, 0.2) is 12.7 Å². The number of carboxylic acids is 2. The van der Waals surface area contributed by atoms with Crippen LogP contribution in [-0.2, 0) is 23.7 Å². The van der Waals surface area contributed by atoms with Crippen LogP contribution in [0.5, 0.6) is 0 Å². The van der Waals surface area contributed by atoms with Crippen molar-refractivity contribution in [3.05, 3.63) is 12.7 Å². The van der Waals surface area contributed by atoms with Gasteiger partial charge in [-0.1, -0.05) is 12.7 Å². The van der Waals surface area contributed by atoms with Crippen LogP contribution in [0.2, 0.25) is 0 Å². The number of hydrogen-bond acceptors (Lipinski definition) is 5. The van der Waals surface area contributed by atoms with E-state index in [0.717, 1.165) is 0 Å². The SMILES string of the molecule is C=CCOC(=O)CCC(CC(=O)O)(C(=O)O)P(=O)(O)O. The molecule has 0 aromatic heterocycles. The van der Waals surface area contributed by atoms with Crippen molar-refractivity contribution in [2.24, 2.45) is 0 Å². The second-order valence-electron chi connectivity index (χ2n) is 3.92. The first kappa shape index (κ1) is 18.3. The minimum absolute atomic E-state index is 0.145. The fraction of sp³-hybridized carbons (Fsp3) is 0.500. The largest absolute Gasteiger partial charge is 0.481 e. The summed E-state index contributed by atoms with van der Waals surface area (Å²) >= 11 is 0. The fourth-order valence-electron chi connectivity index (χ4n) is 1.43. The van der Waals surface area contributed by atoms with Gasteiger partial charge in [-0.05, 0) is 6.42 Å². The summed E-state index contributed by atoms with van der Waals surface area (Å²) < 4.78 is 15.9. The lowest BCUT2D eigenvalue weighted by Gasteiger charge is -2.28. The maximum atomic E-state index is 11.3. The van der Waals surface area contributed by atoms with Crippen molar-refractivity contribution in [3.8, 4) is 0 Å². The first-order chi connectivity index (χ1) is 9.06. The molecule has 0 bridgehead atoms. The van der Waals surface area contributed by atoms with E-state index in [0.29, 0.717) is 0 Å². The lowest BCUT2D eigenvalue weighted by atomic mass is 9.98. The van der Waals surface area contributed by atoms with Crippen LogP contribution in [0, 0.1) is 0 Å². The molecule has 114 valence electrons. The van der Waals surface area contributed by atoms with Gasteiger partial charge in [-0.15, -0.1) is 0 Å². The molecule has 0 aliphatic carbocycles. The van der Waals surface area contributed by atoms with Gasteiger partial charge in [0.15, 0.2) is 5.16 Å². The molecule has 0 fully saturated rings. The van der Waals surface area contributed by atoms with E-state index in [9.17, 15) is 18.9 Å². The molecule has 0 saturated carbocycles. The predicted molar refractivity (Wildman–Crippen MR) is 65.1 cm³/mol. The number of esters is 1. The molecule has 10 heteroatoms. The van der Waals surface area contributed by atoms with Crippen molar-refractivity contribution in [2.45, 2.75) is 24.4 Å². The predicted octanol–water partition coefficient (Wildman–Crippen LogP) is -0.0284. The monoisotopic (exact) mass is 310 g/mol. The lowest BCUT2D eigenvalue weighted by molar-refractivity contribution is -0.149. The molecular formula is C10H15O9P. The van der Waals surface area contributed by atoms with Gasteiger partial charge in [-0.25, -0.2) is 0 Å². The average Bonchev–Trinajstić information content (AvgIpc) is 2.29. The molecule has 0 radical (unpaired) electrons. The smallest absolute Gasteiger partial charge is 0.343 e. The van der Waals surface area contributed by atoms with Gasteiger partial charge in [0.25, 0.3) is 0 Å². The van der Waals surface area contributed by atoms with Crippen molar-refractivity contribution in [1.29, 1.82) is 0 Å². The lowest BCUT2D eigenvalue weighted by Crippen LogP contribution is -2.41. The molecule has 20 heavy (non-hydrogen) atoms. The highest BCUT2D eigenvalue weighted by Gasteiger charge is 2.55. The number of hydrogen-bond donors (Lipinski definition) is 4. The number of aliphatic carboxylic acids is 2. The summed E-state index contributed by atoms with van der Waals surface area (Å²) in [7, 11) is -5.31. The number of rotatable bonds is 9. The van der Waals surface area contributed by atoms with Gasteiger partial charge in [0.1, 0.15) is 6.61 Å². The number of carbonyl (C=O) groups excluding carboxylic acids is 1. The molecule has 0 aromatic carbocycles. The van der Waals surface area contributed by atoms with E-state index in [-0.39, 0.29) is 6.61 Å². The summed E-state index contributed by atoms with van der Waals surface area (Å²) in [6.07, 6.45) is -1.54. The highest BCUT2D eigenvalue weighted by atomic mass is 31.2. The molecule has 4 N–H and O–H groups in total. The van der Waals surface area contributed by atoms with Gasteiger partial charge in [-0.2, -0.15) is 0 Å². The Morgan fingerprint density at radius 1 is 1.25 bits per heavy atom. The van der Waals surface area contributed by atoms with Gasteiger partial charge in [0.05, 0.1) is 6.42 Å². The Balaban J connectivity index is 5.17. The summed E-state index contributed by atoms with van der Waals surface area (Å²) in [5.41, 5.74) is 0. The summed E-state index contributed by atoms with van der Waals surface area (Å²) in [4.78, 5) is 51.2. The van der Waals surface area contributed by atoms with Crippen molar-refractivity contribution >= 4 is 25.5 Å². The molecule has 0 aromatic rings. The molecular weight excluding hydrogens is 295 g/mol. The molecule has 0 aliphatic rings. The fourth-order valence-corrected chi connectivity index (χ4v) is 2.42. The Bertz CT molecular complexity index is 452. The van der Waals surface area contributed by atoms with E-state index >= 15 is 0 Å². The van der Waals surface area contributed by atoms with Crippen molar-refractivity contribution in [2.75, 3.05) is 6.61 Å². The minimum atomic E-state index is -5.31. The summed E-state index contributed by atoms with van der Waals surface area (Å²) in [6, 6.07) is 0. The minimum Gasteiger partial charge on any atom is -0.481 e. The molecule has 0 heterocycles. The molecule has 1 atom stereocenters. The van der Waals surface area contributed by atoms with Crippen LogP contribution in [0.25, 0.3) is 0 Å². The third-order valence-electron chi connectivity index (χ3n) is 2.50. The number of ether oxygens (including phenoxy) is 1. The molecule has 0 spiro atoms. The zero-order valence-corrected chi connectivity index (χ0v) is 11.3. The average molecular weight is 310 g/mol. The second kappa shape index (κ2) is 7.18. The number of carbonyl (C=O) groups is 3. The highest BCUT2D eigenvalue weighted by Crippen LogP contribution is 2.55. The molecule has 9 nitrogen and oxygen atoms in total. The Kier molecular flexibility index (Phi) is 6.57. The van der Waals surface area contributed by atoms with E-state index in [1.807, 2.05) is 0 Å². The van der Waals surface area contributed by atoms with Crippen molar-refractivity contribution in [1.82, 2.24) is 0 Å². The van der Waals surface area contributed by atoms with E-state index < -0.39 is 49.9 Å². The molecule has 0 aliphatic heterocycles. The van der Waals surface area contributed by atoms with E-state index in [4.69, 9.17) is 20.0 Å². The van der Waals surface area contributed by atoms with Gasteiger partial charge in [0, 0.05) is 6.42 Å². The highest BCUT2D eigenvalue weighted by molar-refractivity contribution is 7.54. The zero-order chi connectivity index (χ0) is 16.0. The quantitative estimate of drug-likeness (QED) is 0.260. The van der Waals surface area contributed by atoms with Crippen molar-refractivity contribution < 1.29 is 43.7 Å².